The smallest absolute Gasteiger partial charge is 0.191 e. The minimum atomic E-state index is -0.533. The SMILES string of the molecule is CCNC(=NCC(O)COCC1CC1)NC(C)CCC(C)(C)C.I. The molecule has 0 bridgehead atoms. The van der Waals surface area contributed by atoms with Crippen molar-refractivity contribution < 1.29 is 9.84 Å². The van der Waals surface area contributed by atoms with Crippen molar-refractivity contribution in [3.05, 3.63) is 0 Å². The summed E-state index contributed by atoms with van der Waals surface area (Å²) in [6.07, 6.45) is 4.28. The van der Waals surface area contributed by atoms with Gasteiger partial charge >= 0.3 is 0 Å². The van der Waals surface area contributed by atoms with Crippen LogP contribution in [0.25, 0.3) is 0 Å². The maximum atomic E-state index is 9.96. The molecule has 0 radical (unpaired) electrons. The highest BCUT2D eigenvalue weighted by molar-refractivity contribution is 14.0. The van der Waals surface area contributed by atoms with E-state index in [1.807, 2.05) is 6.92 Å². The zero-order chi connectivity index (χ0) is 17.3. The molecule has 0 spiro atoms. The Labute approximate surface area is 165 Å². The predicted octanol–water partition coefficient (Wildman–Crippen LogP) is 3.16. The molecule has 2 atom stereocenters. The Morgan fingerprint density at radius 2 is 2.00 bits per heavy atom. The highest BCUT2D eigenvalue weighted by Crippen LogP contribution is 2.28. The maximum Gasteiger partial charge on any atom is 0.191 e. The lowest BCUT2D eigenvalue weighted by Crippen LogP contribution is -2.43. The normalized spacial score (nSPS) is 17.8. The number of aliphatic hydroxyl groups excluding tert-OH is 1. The Hall–Kier alpha value is -0.0800. The second-order valence-electron chi connectivity index (χ2n) is 8.00. The van der Waals surface area contributed by atoms with Crippen LogP contribution >= 0.6 is 24.0 Å². The third-order valence-corrected chi connectivity index (χ3v) is 3.88. The standard InChI is InChI=1S/C18H37N3O2.HI/c1-6-19-17(21-14(2)9-10-18(3,4)5)20-11-16(22)13-23-12-15-7-8-15;/h14-16,22H,6-13H2,1-5H3,(H2,19,20,21);1H. The molecule has 1 rings (SSSR count). The zero-order valence-corrected chi connectivity index (χ0v) is 18.4. The van der Waals surface area contributed by atoms with Crippen molar-refractivity contribution >= 4 is 29.9 Å². The van der Waals surface area contributed by atoms with Gasteiger partial charge < -0.3 is 20.5 Å². The number of nitrogens with one attached hydrogen (secondary N) is 2. The summed E-state index contributed by atoms with van der Waals surface area (Å²) in [6.45, 7) is 13.3. The molecule has 0 aromatic carbocycles. The highest BCUT2D eigenvalue weighted by atomic mass is 127. The van der Waals surface area contributed by atoms with Crippen molar-refractivity contribution in [2.24, 2.45) is 16.3 Å². The minimum absolute atomic E-state index is 0. The first-order valence-electron chi connectivity index (χ1n) is 9.11. The molecule has 5 nitrogen and oxygen atoms in total. The van der Waals surface area contributed by atoms with E-state index in [9.17, 15) is 5.11 Å². The molecule has 0 heterocycles. The summed E-state index contributed by atoms with van der Waals surface area (Å²) in [6, 6.07) is 0.357. The summed E-state index contributed by atoms with van der Waals surface area (Å²) in [7, 11) is 0. The molecule has 3 N–H and O–H groups in total. The number of aliphatic hydroxyl groups is 1. The van der Waals surface area contributed by atoms with Crippen LogP contribution in [0.2, 0.25) is 0 Å². The number of halogens is 1. The quantitative estimate of drug-likeness (QED) is 0.269. The third kappa shape index (κ3) is 13.2. The molecule has 144 valence electrons. The van der Waals surface area contributed by atoms with Crippen LogP contribution in [0.15, 0.2) is 4.99 Å². The van der Waals surface area contributed by atoms with Gasteiger partial charge in [-0.2, -0.15) is 0 Å². The van der Waals surface area contributed by atoms with E-state index >= 15 is 0 Å². The van der Waals surface area contributed by atoms with Crippen molar-refractivity contribution in [1.29, 1.82) is 0 Å². The van der Waals surface area contributed by atoms with Crippen molar-refractivity contribution in [3.8, 4) is 0 Å². The summed E-state index contributed by atoms with van der Waals surface area (Å²) in [4.78, 5) is 4.48. The Bertz CT molecular complexity index is 355. The number of nitrogens with zero attached hydrogens (tertiary/aromatic N) is 1. The maximum absolute atomic E-state index is 9.96. The molecule has 6 heteroatoms. The lowest BCUT2D eigenvalue weighted by molar-refractivity contribution is 0.0368. The molecule has 1 saturated carbocycles. The number of hydrogen-bond donors (Lipinski definition) is 3. The second-order valence-corrected chi connectivity index (χ2v) is 8.00. The molecule has 1 aliphatic rings. The zero-order valence-electron chi connectivity index (χ0n) is 16.1. The van der Waals surface area contributed by atoms with Gasteiger partial charge in [-0.3, -0.25) is 4.99 Å². The Morgan fingerprint density at radius 1 is 1.33 bits per heavy atom. The van der Waals surface area contributed by atoms with E-state index in [-0.39, 0.29) is 24.0 Å². The van der Waals surface area contributed by atoms with Gasteiger partial charge in [0.1, 0.15) is 0 Å². The number of hydrogen-bond acceptors (Lipinski definition) is 3. The molecule has 0 amide bonds. The largest absolute Gasteiger partial charge is 0.389 e. The van der Waals surface area contributed by atoms with E-state index in [2.05, 4.69) is 43.3 Å². The summed E-state index contributed by atoms with van der Waals surface area (Å²) >= 11 is 0. The summed E-state index contributed by atoms with van der Waals surface area (Å²) < 4.78 is 5.51. The van der Waals surface area contributed by atoms with Crippen LogP contribution in [0, 0.1) is 11.3 Å². The van der Waals surface area contributed by atoms with Crippen LogP contribution in [0.4, 0.5) is 0 Å². The van der Waals surface area contributed by atoms with Crippen LogP contribution in [-0.4, -0.2) is 49.5 Å². The first-order valence-corrected chi connectivity index (χ1v) is 9.11. The first-order chi connectivity index (χ1) is 10.8. The molecule has 0 saturated heterocycles. The monoisotopic (exact) mass is 455 g/mol. The van der Waals surface area contributed by atoms with Crippen molar-refractivity contribution in [3.63, 3.8) is 0 Å². The van der Waals surface area contributed by atoms with Gasteiger partial charge in [0.2, 0.25) is 0 Å². The summed E-state index contributed by atoms with van der Waals surface area (Å²) in [5.41, 5.74) is 0.348. The Balaban J connectivity index is 0.00000529. The number of guanidine groups is 1. The van der Waals surface area contributed by atoms with Gasteiger partial charge in [0.25, 0.3) is 0 Å². The summed E-state index contributed by atoms with van der Waals surface area (Å²) in [5.74, 6) is 1.50. The molecular weight excluding hydrogens is 417 g/mol. The molecule has 0 aromatic heterocycles. The average Bonchev–Trinajstić information content (AvgIpc) is 3.26. The van der Waals surface area contributed by atoms with Gasteiger partial charge in [0.15, 0.2) is 5.96 Å². The molecule has 0 aromatic rings. The van der Waals surface area contributed by atoms with Crippen molar-refractivity contribution in [2.75, 3.05) is 26.3 Å². The van der Waals surface area contributed by atoms with Crippen LogP contribution in [0.5, 0.6) is 0 Å². The molecule has 0 aliphatic heterocycles. The fourth-order valence-electron chi connectivity index (χ4n) is 2.18. The van der Waals surface area contributed by atoms with Gasteiger partial charge in [0.05, 0.1) is 19.3 Å². The molecule has 24 heavy (non-hydrogen) atoms. The van der Waals surface area contributed by atoms with Gasteiger partial charge in [-0.05, 0) is 50.9 Å². The fourth-order valence-corrected chi connectivity index (χ4v) is 2.18. The third-order valence-electron chi connectivity index (χ3n) is 3.88. The first kappa shape index (κ1) is 23.9. The minimum Gasteiger partial charge on any atom is -0.389 e. The van der Waals surface area contributed by atoms with Gasteiger partial charge in [-0.1, -0.05) is 20.8 Å². The van der Waals surface area contributed by atoms with Gasteiger partial charge in [-0.15, -0.1) is 24.0 Å². The molecule has 1 aliphatic carbocycles. The topological polar surface area (TPSA) is 65.9 Å². The van der Waals surface area contributed by atoms with Gasteiger partial charge in [-0.25, -0.2) is 0 Å². The number of ether oxygens (including phenoxy) is 1. The van der Waals surface area contributed by atoms with Crippen LogP contribution in [0.1, 0.15) is 60.3 Å². The fraction of sp³-hybridized carbons (Fsp3) is 0.944. The van der Waals surface area contributed by atoms with E-state index in [1.54, 1.807) is 0 Å². The average molecular weight is 455 g/mol. The number of rotatable bonds is 10. The van der Waals surface area contributed by atoms with E-state index in [4.69, 9.17) is 4.74 Å². The van der Waals surface area contributed by atoms with Crippen LogP contribution < -0.4 is 10.6 Å². The highest BCUT2D eigenvalue weighted by Gasteiger charge is 2.21. The Kier molecular flexibility index (Phi) is 12.3. The Morgan fingerprint density at radius 3 is 2.54 bits per heavy atom. The molecule has 1 fully saturated rings. The van der Waals surface area contributed by atoms with E-state index in [0.29, 0.717) is 24.6 Å². The lowest BCUT2D eigenvalue weighted by atomic mass is 9.89. The van der Waals surface area contributed by atoms with Crippen LogP contribution in [0.3, 0.4) is 0 Å². The molecule has 2 unspecified atom stereocenters. The second kappa shape index (κ2) is 12.3. The number of aliphatic imine (C=N–C) groups is 1. The lowest BCUT2D eigenvalue weighted by Gasteiger charge is -2.23. The van der Waals surface area contributed by atoms with E-state index in [0.717, 1.165) is 37.9 Å². The van der Waals surface area contributed by atoms with E-state index in [1.165, 1.54) is 12.8 Å². The predicted molar refractivity (Wildman–Crippen MR) is 112 cm³/mol. The summed E-state index contributed by atoms with van der Waals surface area (Å²) in [5, 5.41) is 16.6. The molecular formula is C18H38IN3O2. The van der Waals surface area contributed by atoms with E-state index < -0.39 is 6.10 Å². The van der Waals surface area contributed by atoms with Crippen LogP contribution in [-0.2, 0) is 4.74 Å². The van der Waals surface area contributed by atoms with Crippen molar-refractivity contribution in [2.45, 2.75) is 72.4 Å². The van der Waals surface area contributed by atoms with Crippen molar-refractivity contribution in [1.82, 2.24) is 10.6 Å². The van der Waals surface area contributed by atoms with Gasteiger partial charge in [0, 0.05) is 19.2 Å².